The third kappa shape index (κ3) is 2.59. The minimum atomic E-state index is 0.550. The molecule has 4 heterocycles. The molecular formula is C16H13N7. The van der Waals surface area contributed by atoms with Crippen LogP contribution in [0.3, 0.4) is 0 Å². The fourth-order valence-corrected chi connectivity index (χ4v) is 2.29. The van der Waals surface area contributed by atoms with Gasteiger partial charge >= 0.3 is 0 Å². The Morgan fingerprint density at radius 3 is 2.83 bits per heavy atom. The Bertz CT molecular complexity index is 963. The van der Waals surface area contributed by atoms with E-state index in [0.29, 0.717) is 17.5 Å². The summed E-state index contributed by atoms with van der Waals surface area (Å²) in [4.78, 5) is 17.2. The van der Waals surface area contributed by atoms with E-state index in [9.17, 15) is 0 Å². The maximum Gasteiger partial charge on any atom is 0.200 e. The standard InChI is InChI=1S/C16H13N7/c1-11-4-2-5-12(19-11)15-21-16(13-6-3-9-23(13)22-15)20-14-7-8-17-10-18-14/h2-10H,1H3,(H,17,18,20,21,22). The van der Waals surface area contributed by atoms with Crippen LogP contribution in [0.15, 0.2) is 55.1 Å². The molecule has 0 radical (unpaired) electrons. The molecule has 0 aliphatic heterocycles. The second-order valence-electron chi connectivity index (χ2n) is 5.01. The van der Waals surface area contributed by atoms with Crippen molar-refractivity contribution in [3.63, 3.8) is 0 Å². The van der Waals surface area contributed by atoms with Gasteiger partial charge < -0.3 is 5.32 Å². The Labute approximate surface area is 132 Å². The minimum absolute atomic E-state index is 0.550. The van der Waals surface area contributed by atoms with E-state index in [4.69, 9.17) is 0 Å². The van der Waals surface area contributed by atoms with Crippen molar-refractivity contribution in [3.05, 3.63) is 60.8 Å². The van der Waals surface area contributed by atoms with Crippen LogP contribution in [0.2, 0.25) is 0 Å². The highest BCUT2D eigenvalue weighted by Crippen LogP contribution is 2.22. The number of aryl methyl sites for hydroxylation is 1. The monoisotopic (exact) mass is 303 g/mol. The van der Waals surface area contributed by atoms with Crippen molar-refractivity contribution >= 4 is 17.2 Å². The molecule has 0 aromatic carbocycles. The second-order valence-corrected chi connectivity index (χ2v) is 5.01. The van der Waals surface area contributed by atoms with Crippen molar-refractivity contribution in [2.45, 2.75) is 6.92 Å². The lowest BCUT2D eigenvalue weighted by Crippen LogP contribution is -2.05. The van der Waals surface area contributed by atoms with Crippen LogP contribution in [0.25, 0.3) is 17.0 Å². The molecule has 0 saturated heterocycles. The van der Waals surface area contributed by atoms with E-state index in [1.54, 1.807) is 16.8 Å². The van der Waals surface area contributed by atoms with E-state index in [2.05, 4.69) is 30.4 Å². The number of nitrogens with one attached hydrogen (secondary N) is 1. The predicted octanol–water partition coefficient (Wildman–Crippen LogP) is 2.63. The van der Waals surface area contributed by atoms with Gasteiger partial charge in [0.1, 0.15) is 23.4 Å². The summed E-state index contributed by atoms with van der Waals surface area (Å²) >= 11 is 0. The number of hydrogen-bond donors (Lipinski definition) is 1. The fraction of sp³-hybridized carbons (Fsp3) is 0.0625. The van der Waals surface area contributed by atoms with Crippen molar-refractivity contribution in [2.24, 2.45) is 0 Å². The van der Waals surface area contributed by atoms with E-state index in [1.807, 2.05) is 43.5 Å². The first kappa shape index (κ1) is 13.3. The Balaban J connectivity index is 1.84. The van der Waals surface area contributed by atoms with Gasteiger partial charge in [-0.1, -0.05) is 6.07 Å². The van der Waals surface area contributed by atoms with Crippen LogP contribution in [0.1, 0.15) is 5.69 Å². The zero-order valence-electron chi connectivity index (χ0n) is 12.4. The molecule has 0 saturated carbocycles. The Kier molecular flexibility index (Phi) is 3.16. The molecule has 4 rings (SSSR count). The maximum absolute atomic E-state index is 4.61. The second kappa shape index (κ2) is 5.45. The van der Waals surface area contributed by atoms with Gasteiger partial charge in [0.05, 0.1) is 0 Å². The predicted molar refractivity (Wildman–Crippen MR) is 86.3 cm³/mol. The topological polar surface area (TPSA) is 80.9 Å². The first-order chi connectivity index (χ1) is 11.3. The van der Waals surface area contributed by atoms with Gasteiger partial charge in [-0.25, -0.2) is 24.5 Å². The first-order valence-corrected chi connectivity index (χ1v) is 7.12. The lowest BCUT2D eigenvalue weighted by Gasteiger charge is -2.09. The van der Waals surface area contributed by atoms with Gasteiger partial charge in [-0.05, 0) is 37.3 Å². The summed E-state index contributed by atoms with van der Waals surface area (Å²) in [7, 11) is 0. The van der Waals surface area contributed by atoms with Crippen LogP contribution in [-0.2, 0) is 0 Å². The van der Waals surface area contributed by atoms with E-state index in [0.717, 1.165) is 16.9 Å². The van der Waals surface area contributed by atoms with Crippen LogP contribution >= 0.6 is 0 Å². The first-order valence-electron chi connectivity index (χ1n) is 7.12. The molecule has 7 nitrogen and oxygen atoms in total. The van der Waals surface area contributed by atoms with Crippen molar-refractivity contribution in [2.75, 3.05) is 5.32 Å². The molecule has 23 heavy (non-hydrogen) atoms. The SMILES string of the molecule is Cc1cccc(-c2nc(Nc3ccncn3)c3cccn3n2)n1. The summed E-state index contributed by atoms with van der Waals surface area (Å²) in [6, 6.07) is 11.4. The number of nitrogens with zero attached hydrogens (tertiary/aromatic N) is 6. The smallest absolute Gasteiger partial charge is 0.200 e. The van der Waals surface area contributed by atoms with E-state index < -0.39 is 0 Å². The van der Waals surface area contributed by atoms with Gasteiger partial charge in [0, 0.05) is 18.1 Å². The molecule has 0 bridgehead atoms. The maximum atomic E-state index is 4.61. The molecule has 0 amide bonds. The molecule has 0 spiro atoms. The summed E-state index contributed by atoms with van der Waals surface area (Å²) in [5.74, 6) is 1.89. The number of pyridine rings is 1. The van der Waals surface area contributed by atoms with Gasteiger partial charge in [-0.2, -0.15) is 0 Å². The van der Waals surface area contributed by atoms with Gasteiger partial charge in [-0.15, -0.1) is 5.10 Å². The Morgan fingerprint density at radius 2 is 2.00 bits per heavy atom. The fourth-order valence-electron chi connectivity index (χ4n) is 2.29. The summed E-state index contributed by atoms with van der Waals surface area (Å²) in [5, 5.41) is 7.73. The largest absolute Gasteiger partial charge is 0.323 e. The summed E-state index contributed by atoms with van der Waals surface area (Å²) in [6.45, 7) is 1.94. The van der Waals surface area contributed by atoms with Crippen LogP contribution in [0.5, 0.6) is 0 Å². The summed E-state index contributed by atoms with van der Waals surface area (Å²) < 4.78 is 1.77. The van der Waals surface area contributed by atoms with Crippen molar-refractivity contribution < 1.29 is 0 Å². The zero-order chi connectivity index (χ0) is 15.6. The normalized spacial score (nSPS) is 10.8. The van der Waals surface area contributed by atoms with Crippen molar-refractivity contribution in [3.8, 4) is 11.5 Å². The number of rotatable bonds is 3. The number of fused-ring (bicyclic) bond motifs is 1. The highest BCUT2D eigenvalue weighted by molar-refractivity contribution is 5.73. The molecule has 7 heteroatoms. The molecule has 0 aliphatic rings. The lowest BCUT2D eigenvalue weighted by molar-refractivity contribution is 0.908. The van der Waals surface area contributed by atoms with Crippen molar-refractivity contribution in [1.29, 1.82) is 0 Å². The van der Waals surface area contributed by atoms with Gasteiger partial charge in [0.2, 0.25) is 5.82 Å². The van der Waals surface area contributed by atoms with Gasteiger partial charge in [0.15, 0.2) is 5.82 Å². The quantitative estimate of drug-likeness (QED) is 0.626. The molecule has 1 N–H and O–H groups in total. The van der Waals surface area contributed by atoms with E-state index in [-0.39, 0.29) is 0 Å². The van der Waals surface area contributed by atoms with Crippen LogP contribution in [-0.4, -0.2) is 29.5 Å². The molecule has 0 aliphatic carbocycles. The van der Waals surface area contributed by atoms with Crippen LogP contribution in [0.4, 0.5) is 11.6 Å². The molecule has 0 unspecified atom stereocenters. The number of hydrogen-bond acceptors (Lipinski definition) is 6. The molecule has 4 aromatic rings. The third-order valence-corrected chi connectivity index (χ3v) is 3.34. The lowest BCUT2D eigenvalue weighted by atomic mass is 10.3. The number of anilines is 2. The molecule has 4 aromatic heterocycles. The summed E-state index contributed by atoms with van der Waals surface area (Å²) in [6.07, 6.45) is 5.04. The Hall–Kier alpha value is -3.35. The Morgan fingerprint density at radius 1 is 1.04 bits per heavy atom. The van der Waals surface area contributed by atoms with E-state index >= 15 is 0 Å². The molecule has 112 valence electrons. The van der Waals surface area contributed by atoms with Crippen molar-refractivity contribution in [1.82, 2.24) is 29.5 Å². The van der Waals surface area contributed by atoms with Crippen LogP contribution < -0.4 is 5.32 Å². The average molecular weight is 303 g/mol. The third-order valence-electron chi connectivity index (χ3n) is 3.34. The summed E-state index contributed by atoms with van der Waals surface area (Å²) in [5.41, 5.74) is 2.51. The zero-order valence-corrected chi connectivity index (χ0v) is 12.4. The molecule has 0 fully saturated rings. The van der Waals surface area contributed by atoms with Gasteiger partial charge in [-0.3, -0.25) is 0 Å². The van der Waals surface area contributed by atoms with Crippen LogP contribution in [0, 0.1) is 6.92 Å². The molecule has 0 atom stereocenters. The molecular weight excluding hydrogens is 290 g/mol. The highest BCUT2D eigenvalue weighted by atomic mass is 15.3. The number of aromatic nitrogens is 6. The highest BCUT2D eigenvalue weighted by Gasteiger charge is 2.11. The van der Waals surface area contributed by atoms with Gasteiger partial charge in [0.25, 0.3) is 0 Å². The van der Waals surface area contributed by atoms with E-state index in [1.165, 1.54) is 6.33 Å². The minimum Gasteiger partial charge on any atom is -0.323 e. The average Bonchev–Trinajstić information content (AvgIpc) is 3.05.